The summed E-state index contributed by atoms with van der Waals surface area (Å²) in [5.41, 5.74) is 0.698. The van der Waals surface area contributed by atoms with Gasteiger partial charge in [0, 0.05) is 18.7 Å². The molecule has 2 rings (SSSR count). The molecule has 1 fully saturated rings. The van der Waals surface area contributed by atoms with Crippen LogP contribution >= 0.6 is 11.6 Å². The minimum atomic E-state index is -0.364. The highest BCUT2D eigenvalue weighted by molar-refractivity contribution is 6.31. The van der Waals surface area contributed by atoms with Crippen molar-refractivity contribution < 1.29 is 4.92 Å². The minimum Gasteiger partial charge on any atom is -0.310 e. The smallest absolute Gasteiger partial charge is 0.275 e. The number of benzene rings is 1. The second kappa shape index (κ2) is 7.04. The van der Waals surface area contributed by atoms with Gasteiger partial charge in [0.25, 0.3) is 5.69 Å². The SMILES string of the molecule is CCC1CCC(NCc2c(Cl)cccc2[N+](=O)[O-])CC1. The molecule has 0 heterocycles. The molecule has 0 radical (unpaired) electrons. The Labute approximate surface area is 124 Å². The molecule has 1 N–H and O–H groups in total. The Balaban J connectivity index is 1.96. The fourth-order valence-electron chi connectivity index (χ4n) is 2.91. The van der Waals surface area contributed by atoms with Crippen molar-refractivity contribution in [3.8, 4) is 0 Å². The lowest BCUT2D eigenvalue weighted by atomic mass is 9.84. The number of halogens is 1. The first-order valence-electron chi connectivity index (χ1n) is 7.27. The molecular weight excluding hydrogens is 276 g/mol. The van der Waals surface area contributed by atoms with Crippen molar-refractivity contribution in [1.82, 2.24) is 5.32 Å². The molecule has 1 aliphatic rings. The Kier molecular flexibility index (Phi) is 5.38. The molecule has 0 amide bonds. The Morgan fingerprint density at radius 2 is 2.05 bits per heavy atom. The minimum absolute atomic E-state index is 0.104. The van der Waals surface area contributed by atoms with Crippen molar-refractivity contribution in [2.45, 2.75) is 51.6 Å². The summed E-state index contributed by atoms with van der Waals surface area (Å²) in [6.45, 7) is 2.71. The van der Waals surface area contributed by atoms with Crippen LogP contribution in [0.3, 0.4) is 0 Å². The van der Waals surface area contributed by atoms with E-state index in [-0.39, 0.29) is 10.6 Å². The van der Waals surface area contributed by atoms with E-state index >= 15 is 0 Å². The molecule has 0 spiro atoms. The van der Waals surface area contributed by atoms with Gasteiger partial charge in [-0.3, -0.25) is 10.1 Å². The third-order valence-electron chi connectivity index (χ3n) is 4.28. The number of rotatable bonds is 5. The largest absolute Gasteiger partial charge is 0.310 e. The highest BCUT2D eigenvalue weighted by Crippen LogP contribution is 2.29. The summed E-state index contributed by atoms with van der Waals surface area (Å²) in [6.07, 6.45) is 6.05. The molecule has 0 aromatic heterocycles. The number of nitrogens with one attached hydrogen (secondary N) is 1. The van der Waals surface area contributed by atoms with Crippen LogP contribution in [-0.4, -0.2) is 11.0 Å². The summed E-state index contributed by atoms with van der Waals surface area (Å²) in [4.78, 5) is 10.7. The van der Waals surface area contributed by atoms with Crippen molar-refractivity contribution in [2.75, 3.05) is 0 Å². The highest BCUT2D eigenvalue weighted by atomic mass is 35.5. The predicted molar refractivity (Wildman–Crippen MR) is 81.0 cm³/mol. The monoisotopic (exact) mass is 296 g/mol. The molecule has 4 nitrogen and oxygen atoms in total. The second-order valence-electron chi connectivity index (χ2n) is 5.50. The van der Waals surface area contributed by atoms with Gasteiger partial charge in [-0.25, -0.2) is 0 Å². The first-order valence-corrected chi connectivity index (χ1v) is 7.64. The van der Waals surface area contributed by atoms with E-state index in [1.165, 1.54) is 25.3 Å². The van der Waals surface area contributed by atoms with Gasteiger partial charge < -0.3 is 5.32 Å². The van der Waals surface area contributed by atoms with Crippen LogP contribution in [0.5, 0.6) is 0 Å². The zero-order valence-corrected chi connectivity index (χ0v) is 12.5. The normalized spacial score (nSPS) is 22.7. The Bertz CT molecular complexity index is 471. The van der Waals surface area contributed by atoms with Crippen LogP contribution in [0, 0.1) is 16.0 Å². The molecule has 0 unspecified atom stereocenters. The van der Waals surface area contributed by atoms with Gasteiger partial charge in [0.15, 0.2) is 0 Å². The number of hydrogen-bond donors (Lipinski definition) is 1. The first kappa shape index (κ1) is 15.3. The molecule has 0 saturated heterocycles. The van der Waals surface area contributed by atoms with E-state index in [9.17, 15) is 10.1 Å². The van der Waals surface area contributed by atoms with Crippen molar-refractivity contribution in [1.29, 1.82) is 0 Å². The summed E-state index contributed by atoms with van der Waals surface area (Å²) >= 11 is 6.09. The third-order valence-corrected chi connectivity index (χ3v) is 4.64. The number of hydrogen-bond acceptors (Lipinski definition) is 3. The molecule has 110 valence electrons. The Morgan fingerprint density at radius 1 is 1.35 bits per heavy atom. The molecular formula is C15H21ClN2O2. The maximum Gasteiger partial charge on any atom is 0.275 e. The lowest BCUT2D eigenvalue weighted by Crippen LogP contribution is -2.32. The van der Waals surface area contributed by atoms with Gasteiger partial charge in [-0.15, -0.1) is 0 Å². The van der Waals surface area contributed by atoms with Gasteiger partial charge >= 0.3 is 0 Å². The van der Waals surface area contributed by atoms with E-state index in [0.717, 1.165) is 18.8 Å². The molecule has 0 bridgehead atoms. The van der Waals surface area contributed by atoms with Gasteiger partial charge in [-0.1, -0.05) is 31.0 Å². The van der Waals surface area contributed by atoms with E-state index < -0.39 is 0 Å². The zero-order chi connectivity index (χ0) is 14.5. The van der Waals surface area contributed by atoms with Crippen LogP contribution in [0.15, 0.2) is 18.2 Å². The van der Waals surface area contributed by atoms with Crippen LogP contribution in [0.1, 0.15) is 44.6 Å². The molecule has 0 aliphatic heterocycles. The number of nitrogens with zero attached hydrogens (tertiary/aromatic N) is 1. The van der Waals surface area contributed by atoms with E-state index in [2.05, 4.69) is 12.2 Å². The van der Waals surface area contributed by atoms with Gasteiger partial charge in [0.2, 0.25) is 0 Å². The third kappa shape index (κ3) is 3.70. The molecule has 0 atom stereocenters. The van der Waals surface area contributed by atoms with Crippen LogP contribution < -0.4 is 5.32 Å². The van der Waals surface area contributed by atoms with E-state index in [0.29, 0.717) is 23.2 Å². The fraction of sp³-hybridized carbons (Fsp3) is 0.600. The summed E-state index contributed by atoms with van der Waals surface area (Å²) in [5.74, 6) is 0.850. The van der Waals surface area contributed by atoms with E-state index in [4.69, 9.17) is 11.6 Å². The first-order chi connectivity index (χ1) is 9.61. The van der Waals surface area contributed by atoms with Gasteiger partial charge in [-0.05, 0) is 37.7 Å². The fourth-order valence-corrected chi connectivity index (χ4v) is 3.15. The summed E-state index contributed by atoms with van der Waals surface area (Å²) in [7, 11) is 0. The van der Waals surface area contributed by atoms with Crippen LogP contribution in [0.4, 0.5) is 5.69 Å². The van der Waals surface area contributed by atoms with Crippen molar-refractivity contribution in [3.05, 3.63) is 38.9 Å². The number of nitro benzene ring substituents is 1. The van der Waals surface area contributed by atoms with E-state index in [1.807, 2.05) is 0 Å². The van der Waals surface area contributed by atoms with Crippen molar-refractivity contribution in [3.63, 3.8) is 0 Å². The average Bonchev–Trinajstić information content (AvgIpc) is 2.46. The van der Waals surface area contributed by atoms with Gasteiger partial charge in [-0.2, -0.15) is 0 Å². The quantitative estimate of drug-likeness (QED) is 0.651. The second-order valence-corrected chi connectivity index (χ2v) is 5.91. The summed E-state index contributed by atoms with van der Waals surface area (Å²) < 4.78 is 0. The molecule has 1 saturated carbocycles. The lowest BCUT2D eigenvalue weighted by molar-refractivity contribution is -0.385. The molecule has 1 aliphatic carbocycles. The van der Waals surface area contributed by atoms with Crippen molar-refractivity contribution >= 4 is 17.3 Å². The van der Waals surface area contributed by atoms with Crippen LogP contribution in [0.2, 0.25) is 5.02 Å². The average molecular weight is 297 g/mol. The van der Waals surface area contributed by atoms with Crippen LogP contribution in [-0.2, 0) is 6.54 Å². The van der Waals surface area contributed by atoms with E-state index in [1.54, 1.807) is 12.1 Å². The maximum atomic E-state index is 11.0. The summed E-state index contributed by atoms with van der Waals surface area (Å²) in [6, 6.07) is 5.29. The molecule has 20 heavy (non-hydrogen) atoms. The van der Waals surface area contributed by atoms with Gasteiger partial charge in [0.05, 0.1) is 15.5 Å². The predicted octanol–water partition coefficient (Wildman–Crippen LogP) is 4.31. The zero-order valence-electron chi connectivity index (χ0n) is 11.8. The van der Waals surface area contributed by atoms with Crippen molar-refractivity contribution in [2.24, 2.45) is 5.92 Å². The lowest BCUT2D eigenvalue weighted by Gasteiger charge is -2.28. The Morgan fingerprint density at radius 3 is 2.65 bits per heavy atom. The van der Waals surface area contributed by atoms with Gasteiger partial charge in [0.1, 0.15) is 0 Å². The number of nitro groups is 1. The Hall–Kier alpha value is -1.13. The highest BCUT2D eigenvalue weighted by Gasteiger charge is 2.21. The molecule has 5 heteroatoms. The molecule has 1 aromatic rings. The summed E-state index contributed by atoms with van der Waals surface area (Å²) in [5, 5.41) is 14.9. The standard InChI is InChI=1S/C15H21ClN2O2/c1-2-11-6-8-12(9-7-11)17-10-13-14(16)4-3-5-15(13)18(19)20/h3-5,11-12,17H,2,6-10H2,1H3. The maximum absolute atomic E-state index is 11.0. The molecule has 1 aromatic carbocycles. The van der Waals surface area contributed by atoms with Crippen LogP contribution in [0.25, 0.3) is 0 Å². The topological polar surface area (TPSA) is 55.2 Å².